The van der Waals surface area contributed by atoms with Gasteiger partial charge in [-0.05, 0) is 46.8 Å². The summed E-state index contributed by atoms with van der Waals surface area (Å²) in [6.45, 7) is 9.55. The number of nitrogens with one attached hydrogen (secondary N) is 2. The monoisotopic (exact) mass is 265 g/mol. The van der Waals surface area contributed by atoms with Crippen molar-refractivity contribution in [1.29, 1.82) is 0 Å². The summed E-state index contributed by atoms with van der Waals surface area (Å²) in [6.07, 6.45) is 1.71. The fourth-order valence-corrected chi connectivity index (χ4v) is 1.53. The third-order valence-corrected chi connectivity index (χ3v) is 2.31. The van der Waals surface area contributed by atoms with E-state index < -0.39 is 0 Å². The van der Waals surface area contributed by atoms with Gasteiger partial charge in [-0.3, -0.25) is 4.79 Å². The summed E-state index contributed by atoms with van der Waals surface area (Å²) in [5, 5.41) is 5.98. The van der Waals surface area contributed by atoms with Gasteiger partial charge in [-0.1, -0.05) is 0 Å². The van der Waals surface area contributed by atoms with E-state index in [1.165, 1.54) is 0 Å². The minimum Gasteiger partial charge on any atom is -0.473 e. The highest BCUT2D eigenvalue weighted by Crippen LogP contribution is 2.22. The van der Waals surface area contributed by atoms with E-state index in [0.29, 0.717) is 5.88 Å². The second-order valence-electron chi connectivity index (χ2n) is 5.05. The number of pyridine rings is 1. The zero-order valence-electron chi connectivity index (χ0n) is 12.2. The van der Waals surface area contributed by atoms with Gasteiger partial charge in [-0.2, -0.15) is 0 Å². The molecule has 0 saturated heterocycles. The molecule has 0 aliphatic carbocycles. The van der Waals surface area contributed by atoms with Gasteiger partial charge in [0.25, 0.3) is 0 Å². The Morgan fingerprint density at radius 3 is 2.53 bits per heavy atom. The topological polar surface area (TPSA) is 63.2 Å². The first-order valence-corrected chi connectivity index (χ1v) is 6.58. The summed E-state index contributed by atoms with van der Waals surface area (Å²) in [4.78, 5) is 16.0. The van der Waals surface area contributed by atoms with Crippen LogP contribution in [0.4, 0.5) is 5.69 Å². The number of aromatic nitrogens is 1. The van der Waals surface area contributed by atoms with E-state index in [-0.39, 0.29) is 24.1 Å². The van der Waals surface area contributed by atoms with Gasteiger partial charge in [0.05, 0.1) is 11.8 Å². The Balaban J connectivity index is 2.73. The molecule has 0 aliphatic heterocycles. The van der Waals surface area contributed by atoms with Gasteiger partial charge >= 0.3 is 0 Å². The van der Waals surface area contributed by atoms with Crippen molar-refractivity contribution in [2.45, 2.75) is 52.8 Å². The van der Waals surface area contributed by atoms with Gasteiger partial charge in [-0.25, -0.2) is 4.98 Å². The van der Waals surface area contributed by atoms with Crippen molar-refractivity contribution in [2.75, 3.05) is 5.32 Å². The zero-order chi connectivity index (χ0) is 14.4. The average molecular weight is 265 g/mol. The number of ether oxygens (including phenoxy) is 1. The fraction of sp³-hybridized carbons (Fsp3) is 0.571. The van der Waals surface area contributed by atoms with Crippen LogP contribution < -0.4 is 15.4 Å². The third-order valence-electron chi connectivity index (χ3n) is 2.31. The van der Waals surface area contributed by atoms with Crippen molar-refractivity contribution in [3.8, 4) is 5.88 Å². The van der Waals surface area contributed by atoms with E-state index in [4.69, 9.17) is 4.74 Å². The Hall–Kier alpha value is -1.78. The Labute approximate surface area is 114 Å². The van der Waals surface area contributed by atoms with Crippen molar-refractivity contribution in [3.63, 3.8) is 0 Å². The molecule has 0 fully saturated rings. The minimum atomic E-state index is -0.346. The molecule has 1 atom stereocenters. The smallest absolute Gasteiger partial charge is 0.242 e. The van der Waals surface area contributed by atoms with Gasteiger partial charge in [0.2, 0.25) is 11.8 Å². The maximum Gasteiger partial charge on any atom is 0.242 e. The highest BCUT2D eigenvalue weighted by molar-refractivity contribution is 5.84. The molecule has 0 aliphatic rings. The Kier molecular flexibility index (Phi) is 5.60. The molecule has 0 aromatic carbocycles. The van der Waals surface area contributed by atoms with Crippen LogP contribution in [0.2, 0.25) is 0 Å². The van der Waals surface area contributed by atoms with E-state index in [2.05, 4.69) is 15.6 Å². The molecule has 0 saturated carbocycles. The third kappa shape index (κ3) is 5.16. The first kappa shape index (κ1) is 15.3. The van der Waals surface area contributed by atoms with E-state index in [9.17, 15) is 4.79 Å². The van der Waals surface area contributed by atoms with E-state index >= 15 is 0 Å². The largest absolute Gasteiger partial charge is 0.473 e. The minimum absolute atomic E-state index is 0.0373. The SMILES string of the molecule is CC(C)NC(=O)C(C)Nc1cccnc1OC(C)C. The normalized spacial score (nSPS) is 12.4. The van der Waals surface area contributed by atoms with Gasteiger partial charge in [0.15, 0.2) is 0 Å². The number of hydrogen-bond acceptors (Lipinski definition) is 4. The molecular formula is C14H23N3O2. The molecule has 5 heteroatoms. The maximum absolute atomic E-state index is 11.9. The quantitative estimate of drug-likeness (QED) is 0.827. The zero-order valence-corrected chi connectivity index (χ0v) is 12.2. The van der Waals surface area contributed by atoms with Crippen molar-refractivity contribution in [2.24, 2.45) is 0 Å². The van der Waals surface area contributed by atoms with Crippen molar-refractivity contribution < 1.29 is 9.53 Å². The highest BCUT2D eigenvalue weighted by Gasteiger charge is 2.16. The first-order chi connectivity index (χ1) is 8.90. The Morgan fingerprint density at radius 2 is 1.95 bits per heavy atom. The van der Waals surface area contributed by atoms with Crippen LogP contribution in [0.5, 0.6) is 5.88 Å². The molecule has 2 N–H and O–H groups in total. The van der Waals surface area contributed by atoms with Gasteiger partial charge in [0.1, 0.15) is 6.04 Å². The number of carbonyl (C=O) groups excluding carboxylic acids is 1. The number of nitrogens with zero attached hydrogens (tertiary/aromatic N) is 1. The van der Waals surface area contributed by atoms with E-state index in [0.717, 1.165) is 5.69 Å². The molecular weight excluding hydrogens is 242 g/mol. The molecule has 0 bridgehead atoms. The summed E-state index contributed by atoms with van der Waals surface area (Å²) in [5.74, 6) is 0.469. The number of amides is 1. The van der Waals surface area contributed by atoms with Gasteiger partial charge < -0.3 is 15.4 Å². The summed E-state index contributed by atoms with van der Waals surface area (Å²) < 4.78 is 5.60. The highest BCUT2D eigenvalue weighted by atomic mass is 16.5. The molecule has 5 nitrogen and oxygen atoms in total. The van der Waals surface area contributed by atoms with Crippen LogP contribution in [0, 0.1) is 0 Å². The lowest BCUT2D eigenvalue weighted by atomic mass is 10.2. The lowest BCUT2D eigenvalue weighted by molar-refractivity contribution is -0.122. The lowest BCUT2D eigenvalue weighted by Crippen LogP contribution is -2.41. The number of hydrogen-bond donors (Lipinski definition) is 2. The molecule has 1 heterocycles. The standard InChI is InChI=1S/C14H23N3O2/c1-9(2)16-13(18)11(5)17-12-7-6-8-15-14(12)19-10(3)4/h6-11,17H,1-5H3,(H,16,18). The van der Waals surface area contributed by atoms with Crippen LogP contribution in [0.25, 0.3) is 0 Å². The van der Waals surface area contributed by atoms with Crippen LogP contribution in [-0.4, -0.2) is 29.1 Å². The molecule has 0 radical (unpaired) electrons. The average Bonchev–Trinajstić information content (AvgIpc) is 2.30. The number of carbonyl (C=O) groups is 1. The number of rotatable bonds is 6. The van der Waals surface area contributed by atoms with Crippen LogP contribution in [0.15, 0.2) is 18.3 Å². The predicted octanol–water partition coefficient (Wildman–Crippen LogP) is 2.19. The number of anilines is 1. The van der Waals surface area contributed by atoms with Crippen molar-refractivity contribution in [3.05, 3.63) is 18.3 Å². The second-order valence-corrected chi connectivity index (χ2v) is 5.05. The summed E-state index contributed by atoms with van der Waals surface area (Å²) in [7, 11) is 0. The fourth-order valence-electron chi connectivity index (χ4n) is 1.53. The van der Waals surface area contributed by atoms with Crippen molar-refractivity contribution in [1.82, 2.24) is 10.3 Å². The lowest BCUT2D eigenvalue weighted by Gasteiger charge is -2.19. The predicted molar refractivity (Wildman–Crippen MR) is 76.4 cm³/mol. The summed E-state index contributed by atoms with van der Waals surface area (Å²) in [5.41, 5.74) is 0.725. The Morgan fingerprint density at radius 1 is 1.26 bits per heavy atom. The van der Waals surface area contributed by atoms with E-state index in [1.54, 1.807) is 6.20 Å². The molecule has 19 heavy (non-hydrogen) atoms. The molecule has 1 aromatic rings. The van der Waals surface area contributed by atoms with Crippen LogP contribution >= 0.6 is 0 Å². The molecule has 1 unspecified atom stereocenters. The summed E-state index contributed by atoms with van der Waals surface area (Å²) >= 11 is 0. The van der Waals surface area contributed by atoms with Crippen LogP contribution in [0.1, 0.15) is 34.6 Å². The molecule has 1 rings (SSSR count). The van der Waals surface area contributed by atoms with E-state index in [1.807, 2.05) is 46.8 Å². The van der Waals surface area contributed by atoms with Crippen LogP contribution in [-0.2, 0) is 4.79 Å². The van der Waals surface area contributed by atoms with Gasteiger partial charge in [-0.15, -0.1) is 0 Å². The van der Waals surface area contributed by atoms with Crippen molar-refractivity contribution >= 4 is 11.6 Å². The molecule has 1 amide bonds. The molecule has 1 aromatic heterocycles. The van der Waals surface area contributed by atoms with Gasteiger partial charge in [0, 0.05) is 12.2 Å². The second kappa shape index (κ2) is 6.97. The first-order valence-electron chi connectivity index (χ1n) is 6.58. The maximum atomic E-state index is 11.9. The van der Waals surface area contributed by atoms with Crippen LogP contribution in [0.3, 0.4) is 0 Å². The molecule has 0 spiro atoms. The Bertz CT molecular complexity index is 419. The summed E-state index contributed by atoms with van der Waals surface area (Å²) in [6, 6.07) is 3.44. The molecule has 106 valence electrons.